The number of carbonyl (C=O) groups is 1. The first kappa shape index (κ1) is 18.4. The number of benzene rings is 1. The van der Waals surface area contributed by atoms with E-state index in [1.54, 1.807) is 19.2 Å². The number of nitrogens with one attached hydrogen (secondary N) is 2. The Balaban J connectivity index is 0.00000220. The zero-order valence-corrected chi connectivity index (χ0v) is 14.2. The molecule has 2 N–H and O–H groups in total. The Labute approximate surface area is 138 Å². The highest BCUT2D eigenvalue weighted by atomic mass is 79.9. The summed E-state index contributed by atoms with van der Waals surface area (Å²) in [6.07, 6.45) is 1.43. The Hall–Kier alpha value is -0.690. The summed E-state index contributed by atoms with van der Waals surface area (Å²) in [6, 6.07) is 4.56. The van der Waals surface area contributed by atoms with Gasteiger partial charge in [0.15, 0.2) is 0 Å². The number of ether oxygens (including phenoxy) is 1. The molecule has 21 heavy (non-hydrogen) atoms. The minimum atomic E-state index is -0.538. The lowest BCUT2D eigenvalue weighted by molar-refractivity contribution is -0.130. The lowest BCUT2D eigenvalue weighted by atomic mass is 9.78. The first-order valence-corrected chi connectivity index (χ1v) is 7.33. The molecule has 0 spiro atoms. The van der Waals surface area contributed by atoms with E-state index in [9.17, 15) is 9.18 Å². The highest BCUT2D eigenvalue weighted by Crippen LogP contribution is 2.31. The molecule has 4 nitrogen and oxygen atoms in total. The van der Waals surface area contributed by atoms with E-state index in [0.717, 1.165) is 13.1 Å². The Morgan fingerprint density at radius 1 is 1.48 bits per heavy atom. The molecule has 1 amide bonds. The van der Waals surface area contributed by atoms with Crippen molar-refractivity contribution in [3.05, 3.63) is 28.5 Å². The van der Waals surface area contributed by atoms with Gasteiger partial charge in [-0.1, -0.05) is 0 Å². The van der Waals surface area contributed by atoms with Crippen LogP contribution >= 0.6 is 28.3 Å². The van der Waals surface area contributed by atoms with Gasteiger partial charge in [0, 0.05) is 12.8 Å². The fraction of sp³-hybridized carbons (Fsp3) is 0.500. The van der Waals surface area contributed by atoms with Crippen LogP contribution in [-0.2, 0) is 9.53 Å². The molecule has 0 atom stereocenters. The molecule has 118 valence electrons. The van der Waals surface area contributed by atoms with Gasteiger partial charge >= 0.3 is 0 Å². The predicted molar refractivity (Wildman–Crippen MR) is 86.4 cm³/mol. The van der Waals surface area contributed by atoms with Gasteiger partial charge in [0.1, 0.15) is 5.82 Å². The van der Waals surface area contributed by atoms with E-state index in [0.29, 0.717) is 29.6 Å². The van der Waals surface area contributed by atoms with Crippen LogP contribution in [0.4, 0.5) is 10.1 Å². The second-order valence-corrected chi connectivity index (χ2v) is 5.90. The summed E-state index contributed by atoms with van der Waals surface area (Å²) >= 11 is 3.09. The zero-order chi connectivity index (χ0) is 14.6. The second kappa shape index (κ2) is 8.08. The minimum absolute atomic E-state index is 0. The van der Waals surface area contributed by atoms with E-state index in [1.807, 2.05) is 0 Å². The number of methoxy groups -OCH3 is 1. The quantitative estimate of drug-likeness (QED) is 0.843. The summed E-state index contributed by atoms with van der Waals surface area (Å²) in [6.45, 7) is 1.94. The molecular formula is C14H19BrClFN2O2. The number of hydrogen-bond donors (Lipinski definition) is 2. The van der Waals surface area contributed by atoms with E-state index < -0.39 is 11.2 Å². The van der Waals surface area contributed by atoms with E-state index in [4.69, 9.17) is 4.74 Å². The van der Waals surface area contributed by atoms with Gasteiger partial charge in [-0.05, 0) is 60.1 Å². The molecule has 1 aromatic rings. The van der Waals surface area contributed by atoms with Crippen LogP contribution in [0.15, 0.2) is 22.7 Å². The lowest BCUT2D eigenvalue weighted by Gasteiger charge is -2.35. The third-order valence-electron chi connectivity index (χ3n) is 3.64. The molecule has 1 aliphatic rings. The van der Waals surface area contributed by atoms with Crippen LogP contribution in [0.25, 0.3) is 0 Å². The van der Waals surface area contributed by atoms with Gasteiger partial charge in [0.2, 0.25) is 5.91 Å². The molecular weight excluding hydrogens is 363 g/mol. The number of anilines is 1. The predicted octanol–water partition coefficient (Wildman–Crippen LogP) is 2.96. The largest absolute Gasteiger partial charge is 0.384 e. The van der Waals surface area contributed by atoms with Gasteiger partial charge in [-0.2, -0.15) is 0 Å². The van der Waals surface area contributed by atoms with Crippen LogP contribution in [0.1, 0.15) is 12.8 Å². The van der Waals surface area contributed by atoms with Crippen molar-refractivity contribution in [3.63, 3.8) is 0 Å². The molecule has 0 aliphatic carbocycles. The summed E-state index contributed by atoms with van der Waals surface area (Å²) in [5, 5.41) is 6.03. The van der Waals surface area contributed by atoms with Crippen molar-refractivity contribution in [2.24, 2.45) is 5.41 Å². The van der Waals surface area contributed by atoms with Crippen LogP contribution in [0, 0.1) is 11.2 Å². The molecule has 0 unspecified atom stereocenters. The second-order valence-electron chi connectivity index (χ2n) is 5.05. The van der Waals surface area contributed by atoms with Gasteiger partial charge in [0.25, 0.3) is 0 Å². The van der Waals surface area contributed by atoms with Crippen molar-refractivity contribution in [2.45, 2.75) is 12.8 Å². The highest BCUT2D eigenvalue weighted by molar-refractivity contribution is 9.10. The highest BCUT2D eigenvalue weighted by Gasteiger charge is 2.39. The van der Waals surface area contributed by atoms with Crippen LogP contribution in [0.2, 0.25) is 0 Å². The van der Waals surface area contributed by atoms with Crippen molar-refractivity contribution in [1.29, 1.82) is 0 Å². The van der Waals surface area contributed by atoms with Gasteiger partial charge in [-0.25, -0.2) is 4.39 Å². The summed E-state index contributed by atoms with van der Waals surface area (Å²) in [5.41, 5.74) is -0.0754. The third-order valence-corrected chi connectivity index (χ3v) is 4.28. The number of piperidine rings is 1. The van der Waals surface area contributed by atoms with Crippen molar-refractivity contribution in [3.8, 4) is 0 Å². The normalized spacial score (nSPS) is 16.9. The molecule has 0 aromatic heterocycles. The molecule has 0 radical (unpaired) electrons. The summed E-state index contributed by atoms with van der Waals surface area (Å²) in [4.78, 5) is 12.5. The Bertz CT molecular complexity index is 490. The van der Waals surface area contributed by atoms with Gasteiger partial charge in [-0.3, -0.25) is 4.79 Å². The van der Waals surface area contributed by atoms with E-state index in [-0.39, 0.29) is 18.3 Å². The van der Waals surface area contributed by atoms with Gasteiger partial charge in [-0.15, -0.1) is 12.4 Å². The van der Waals surface area contributed by atoms with Crippen LogP contribution in [0.3, 0.4) is 0 Å². The Morgan fingerprint density at radius 2 is 2.14 bits per heavy atom. The summed E-state index contributed by atoms with van der Waals surface area (Å²) in [5.74, 6) is -0.503. The molecule has 7 heteroatoms. The maximum Gasteiger partial charge on any atom is 0.233 e. The first-order valence-electron chi connectivity index (χ1n) is 6.53. The molecule has 0 bridgehead atoms. The molecule has 2 rings (SSSR count). The Morgan fingerprint density at radius 3 is 2.71 bits per heavy atom. The van der Waals surface area contributed by atoms with Gasteiger partial charge in [0.05, 0.1) is 16.5 Å². The minimum Gasteiger partial charge on any atom is -0.384 e. The number of carbonyl (C=O) groups excluding carboxylic acids is 1. The average molecular weight is 382 g/mol. The molecule has 1 heterocycles. The molecule has 1 saturated heterocycles. The zero-order valence-electron chi connectivity index (χ0n) is 11.7. The van der Waals surface area contributed by atoms with Crippen LogP contribution in [0.5, 0.6) is 0 Å². The monoisotopic (exact) mass is 380 g/mol. The number of hydrogen-bond acceptors (Lipinski definition) is 3. The maximum atomic E-state index is 13.5. The molecule has 1 aromatic carbocycles. The number of halogens is 3. The Kier molecular flexibility index (Phi) is 7.06. The smallest absolute Gasteiger partial charge is 0.233 e. The first-order chi connectivity index (χ1) is 9.57. The van der Waals surface area contributed by atoms with Crippen molar-refractivity contribution < 1.29 is 13.9 Å². The maximum absolute atomic E-state index is 13.5. The summed E-state index contributed by atoms with van der Waals surface area (Å²) in [7, 11) is 1.59. The lowest BCUT2D eigenvalue weighted by Crippen LogP contribution is -2.47. The SMILES string of the molecule is COCC1(C(=O)Nc2ccc(Br)c(F)c2)CCNCC1.Cl. The van der Waals surface area contributed by atoms with Crippen LogP contribution < -0.4 is 10.6 Å². The fourth-order valence-electron chi connectivity index (χ4n) is 2.46. The van der Waals surface area contributed by atoms with Gasteiger partial charge < -0.3 is 15.4 Å². The number of rotatable bonds is 4. The van der Waals surface area contributed by atoms with E-state index in [2.05, 4.69) is 26.6 Å². The van der Waals surface area contributed by atoms with E-state index >= 15 is 0 Å². The fourth-order valence-corrected chi connectivity index (χ4v) is 2.70. The van der Waals surface area contributed by atoms with E-state index in [1.165, 1.54) is 6.07 Å². The number of amides is 1. The summed E-state index contributed by atoms with van der Waals surface area (Å²) < 4.78 is 19.1. The van der Waals surface area contributed by atoms with Crippen molar-refractivity contribution in [2.75, 3.05) is 32.1 Å². The molecule has 0 saturated carbocycles. The average Bonchev–Trinajstić information content (AvgIpc) is 2.44. The van der Waals surface area contributed by atoms with Crippen molar-refractivity contribution in [1.82, 2.24) is 5.32 Å². The molecule has 1 fully saturated rings. The topological polar surface area (TPSA) is 50.4 Å². The van der Waals surface area contributed by atoms with Crippen LogP contribution in [-0.4, -0.2) is 32.7 Å². The third kappa shape index (κ3) is 4.39. The van der Waals surface area contributed by atoms with Crippen molar-refractivity contribution >= 4 is 39.9 Å². The molecule has 1 aliphatic heterocycles. The standard InChI is InChI=1S/C14H18BrFN2O2.ClH/c1-20-9-14(4-6-17-7-5-14)13(19)18-10-2-3-11(15)12(16)8-10;/h2-3,8,17H,4-7,9H2,1H3,(H,18,19);1H.